The van der Waals surface area contributed by atoms with Gasteiger partial charge >= 0.3 is 0 Å². The Morgan fingerprint density at radius 2 is 1.85 bits per heavy atom. The summed E-state index contributed by atoms with van der Waals surface area (Å²) in [4.78, 5) is 0. The lowest BCUT2D eigenvalue weighted by Gasteiger charge is -2.12. The number of benzene rings is 1. The van der Waals surface area contributed by atoms with Crippen LogP contribution in [0, 0.1) is 34.0 Å². The largest absolute Gasteiger partial charge is 0.489 e. The molecule has 0 fully saturated rings. The number of rotatable bonds is 4. The molecule has 0 aliphatic heterocycles. The Bertz CT molecular complexity index is 643. The second kappa shape index (κ2) is 7.04. The molecule has 6 heteroatoms. The molecule has 100 valence electrons. The number of anilines is 1. The van der Waals surface area contributed by atoms with Crippen LogP contribution in [0.25, 0.3) is 0 Å². The van der Waals surface area contributed by atoms with E-state index in [-0.39, 0.29) is 17.4 Å². The van der Waals surface area contributed by atoms with Crippen LogP contribution < -0.4 is 10.1 Å². The van der Waals surface area contributed by atoms with Crippen LogP contribution in [0.5, 0.6) is 5.75 Å². The lowest BCUT2D eigenvalue weighted by atomic mass is 10.2. The number of hydrogen-bond acceptors (Lipinski definition) is 5. The SMILES string of the molecule is CC(C)Oc1ccc(NC(C#N)=C(C#N)C#N)cc1Cl. The Labute approximate surface area is 122 Å². The number of ether oxygens (including phenoxy) is 1. The molecule has 1 N–H and O–H groups in total. The summed E-state index contributed by atoms with van der Waals surface area (Å²) in [5.41, 5.74) is 0.0837. The molecule has 0 aromatic heterocycles. The highest BCUT2D eigenvalue weighted by molar-refractivity contribution is 6.32. The van der Waals surface area contributed by atoms with Crippen LogP contribution >= 0.6 is 11.6 Å². The van der Waals surface area contributed by atoms with E-state index in [1.54, 1.807) is 36.4 Å². The van der Waals surface area contributed by atoms with Gasteiger partial charge in [0.25, 0.3) is 0 Å². The first kappa shape index (κ1) is 15.4. The first-order valence-electron chi connectivity index (χ1n) is 5.69. The zero-order valence-corrected chi connectivity index (χ0v) is 11.7. The fourth-order valence-corrected chi connectivity index (χ4v) is 1.58. The van der Waals surface area contributed by atoms with Crippen LogP contribution in [-0.4, -0.2) is 6.10 Å². The number of allylic oxidation sites excluding steroid dienone is 2. The van der Waals surface area contributed by atoms with Gasteiger partial charge in [0.1, 0.15) is 29.7 Å². The van der Waals surface area contributed by atoms with Gasteiger partial charge in [0.15, 0.2) is 5.57 Å². The molecule has 0 aliphatic carbocycles. The van der Waals surface area contributed by atoms with Gasteiger partial charge in [0.2, 0.25) is 0 Å². The Balaban J connectivity index is 3.05. The maximum atomic E-state index is 8.93. The van der Waals surface area contributed by atoms with Gasteiger partial charge in [0, 0.05) is 5.69 Å². The summed E-state index contributed by atoms with van der Waals surface area (Å²) >= 11 is 6.05. The van der Waals surface area contributed by atoms with E-state index in [9.17, 15) is 0 Å². The summed E-state index contributed by atoms with van der Waals surface area (Å²) in [7, 11) is 0. The lowest BCUT2D eigenvalue weighted by Crippen LogP contribution is -2.06. The summed E-state index contributed by atoms with van der Waals surface area (Å²) in [6, 6.07) is 9.93. The minimum Gasteiger partial charge on any atom is -0.489 e. The fourth-order valence-electron chi connectivity index (χ4n) is 1.36. The van der Waals surface area contributed by atoms with Gasteiger partial charge in [-0.15, -0.1) is 0 Å². The van der Waals surface area contributed by atoms with Crippen molar-refractivity contribution in [1.82, 2.24) is 0 Å². The number of nitrogens with zero attached hydrogens (tertiary/aromatic N) is 3. The summed E-state index contributed by atoms with van der Waals surface area (Å²) in [6.07, 6.45) is -0.00958. The van der Waals surface area contributed by atoms with Gasteiger partial charge in [-0.05, 0) is 32.0 Å². The van der Waals surface area contributed by atoms with Gasteiger partial charge in [-0.3, -0.25) is 0 Å². The highest BCUT2D eigenvalue weighted by atomic mass is 35.5. The van der Waals surface area contributed by atoms with Gasteiger partial charge in [-0.25, -0.2) is 0 Å². The highest BCUT2D eigenvalue weighted by Crippen LogP contribution is 2.29. The third-order valence-corrected chi connectivity index (χ3v) is 2.44. The topological polar surface area (TPSA) is 92.6 Å². The summed E-state index contributed by atoms with van der Waals surface area (Å²) in [5.74, 6) is 0.524. The summed E-state index contributed by atoms with van der Waals surface area (Å²) in [6.45, 7) is 3.76. The molecule has 0 atom stereocenters. The molecule has 1 rings (SSSR count). The maximum Gasteiger partial charge on any atom is 0.163 e. The Hall–Kier alpha value is -2.68. The van der Waals surface area contributed by atoms with Crippen molar-refractivity contribution in [2.75, 3.05) is 5.32 Å². The van der Waals surface area contributed by atoms with E-state index in [4.69, 9.17) is 32.1 Å². The van der Waals surface area contributed by atoms with Gasteiger partial charge in [-0.2, -0.15) is 15.8 Å². The molecule has 1 aromatic rings. The van der Waals surface area contributed by atoms with E-state index in [2.05, 4.69) is 5.32 Å². The van der Waals surface area contributed by atoms with Crippen LogP contribution in [0.15, 0.2) is 29.5 Å². The van der Waals surface area contributed by atoms with Crippen molar-refractivity contribution >= 4 is 17.3 Å². The van der Waals surface area contributed by atoms with Crippen LogP contribution in [-0.2, 0) is 0 Å². The summed E-state index contributed by atoms with van der Waals surface area (Å²) < 4.78 is 5.48. The molecule has 0 amide bonds. The molecule has 0 heterocycles. The fraction of sp³-hybridized carbons (Fsp3) is 0.214. The van der Waals surface area contributed by atoms with Crippen molar-refractivity contribution in [1.29, 1.82) is 15.8 Å². The molecule has 0 aliphatic rings. The van der Waals surface area contributed by atoms with E-state index in [0.29, 0.717) is 16.5 Å². The molecule has 1 aromatic carbocycles. The number of halogens is 1. The summed E-state index contributed by atoms with van der Waals surface area (Å²) in [5, 5.41) is 29.5. The predicted octanol–water partition coefficient (Wildman–Crippen LogP) is 3.36. The van der Waals surface area contributed by atoms with Crippen molar-refractivity contribution < 1.29 is 4.74 Å². The number of hydrogen-bond donors (Lipinski definition) is 1. The maximum absolute atomic E-state index is 8.93. The zero-order valence-electron chi connectivity index (χ0n) is 10.9. The lowest BCUT2D eigenvalue weighted by molar-refractivity contribution is 0.242. The average Bonchev–Trinajstić information content (AvgIpc) is 2.41. The second-order valence-electron chi connectivity index (χ2n) is 4.02. The van der Waals surface area contributed by atoms with Crippen molar-refractivity contribution in [2.45, 2.75) is 20.0 Å². The van der Waals surface area contributed by atoms with Gasteiger partial charge < -0.3 is 10.1 Å². The van der Waals surface area contributed by atoms with E-state index in [0.717, 1.165) is 0 Å². The number of nitrogens with one attached hydrogen (secondary N) is 1. The molecule has 0 unspecified atom stereocenters. The van der Waals surface area contributed by atoms with Crippen molar-refractivity contribution in [3.63, 3.8) is 0 Å². The minimum atomic E-state index is -0.286. The van der Waals surface area contributed by atoms with E-state index >= 15 is 0 Å². The quantitative estimate of drug-likeness (QED) is 0.857. The van der Waals surface area contributed by atoms with E-state index in [1.807, 2.05) is 13.8 Å². The predicted molar refractivity (Wildman–Crippen MR) is 74.7 cm³/mol. The standard InChI is InChI=1S/C14H11ClN4O/c1-9(2)20-14-4-3-11(5-12(14)15)19-13(8-18)10(6-16)7-17/h3-5,9,19H,1-2H3. The molecule has 0 bridgehead atoms. The Morgan fingerprint density at radius 3 is 2.30 bits per heavy atom. The average molecular weight is 287 g/mol. The van der Waals surface area contributed by atoms with Crippen molar-refractivity contribution in [3.8, 4) is 24.0 Å². The third-order valence-electron chi connectivity index (χ3n) is 2.15. The van der Waals surface area contributed by atoms with Crippen LogP contribution in [0.4, 0.5) is 5.69 Å². The van der Waals surface area contributed by atoms with E-state index < -0.39 is 0 Å². The van der Waals surface area contributed by atoms with Crippen molar-refractivity contribution in [3.05, 3.63) is 34.5 Å². The second-order valence-corrected chi connectivity index (χ2v) is 4.43. The van der Waals surface area contributed by atoms with Crippen molar-refractivity contribution in [2.24, 2.45) is 0 Å². The van der Waals surface area contributed by atoms with E-state index in [1.165, 1.54) is 0 Å². The van der Waals surface area contributed by atoms with Crippen LogP contribution in [0.2, 0.25) is 5.02 Å². The molecule has 20 heavy (non-hydrogen) atoms. The molecule has 0 saturated heterocycles. The third kappa shape index (κ3) is 3.92. The zero-order chi connectivity index (χ0) is 15.1. The Kier molecular flexibility index (Phi) is 5.42. The minimum absolute atomic E-state index is 0.00958. The molecule has 5 nitrogen and oxygen atoms in total. The molecular weight excluding hydrogens is 276 g/mol. The Morgan fingerprint density at radius 1 is 1.20 bits per heavy atom. The smallest absolute Gasteiger partial charge is 0.163 e. The molecule has 0 saturated carbocycles. The van der Waals surface area contributed by atoms with Crippen LogP contribution in [0.1, 0.15) is 13.8 Å². The van der Waals surface area contributed by atoms with Gasteiger partial charge in [-0.1, -0.05) is 11.6 Å². The molecule has 0 radical (unpaired) electrons. The van der Waals surface area contributed by atoms with Crippen LogP contribution in [0.3, 0.4) is 0 Å². The molecular formula is C14H11ClN4O. The monoisotopic (exact) mass is 286 g/mol. The first-order chi connectivity index (χ1) is 9.51. The van der Waals surface area contributed by atoms with Gasteiger partial charge in [0.05, 0.1) is 11.1 Å². The normalized spacial score (nSPS) is 9.05. The highest BCUT2D eigenvalue weighted by Gasteiger charge is 2.09. The first-order valence-corrected chi connectivity index (χ1v) is 6.07. The number of nitriles is 3. The molecule has 0 spiro atoms.